The lowest BCUT2D eigenvalue weighted by Gasteiger charge is -1.96. The minimum Gasteiger partial charge on any atom is -0.0891 e. The summed E-state index contributed by atoms with van der Waals surface area (Å²) in [5, 5.41) is 0. The summed E-state index contributed by atoms with van der Waals surface area (Å²) in [7, 11) is 0. The molecule has 0 nitrogen and oxygen atoms in total. The molecule has 0 aliphatic heterocycles. The molecule has 0 rings (SSSR count). The molecule has 12 heavy (non-hydrogen) atoms. The molecule has 76 valence electrons. The molecule has 0 heterocycles. The molecule has 0 amide bonds. The Labute approximate surface area is 94.8 Å². The minimum absolute atomic E-state index is 0.748. The molecule has 0 N–H and O–H groups in total. The van der Waals surface area contributed by atoms with Crippen LogP contribution < -0.4 is 0 Å². The number of alkyl halides is 2. The van der Waals surface area contributed by atoms with E-state index in [2.05, 4.69) is 59.6 Å². The van der Waals surface area contributed by atoms with Gasteiger partial charge in [0.15, 0.2) is 0 Å². The SMILES string of the molecule is CCC(Br)CC.CCC(Br)CC. The zero-order chi connectivity index (χ0) is 9.98. The Kier molecular flexibility index (Phi) is 15.4. The maximum atomic E-state index is 3.48. The molecule has 0 aliphatic rings. The van der Waals surface area contributed by atoms with Crippen molar-refractivity contribution < 1.29 is 0 Å². The predicted molar refractivity (Wildman–Crippen MR) is 66.6 cm³/mol. The lowest BCUT2D eigenvalue weighted by molar-refractivity contribution is 0.806. The van der Waals surface area contributed by atoms with Crippen molar-refractivity contribution in [2.24, 2.45) is 0 Å². The van der Waals surface area contributed by atoms with Crippen LogP contribution in [0.3, 0.4) is 0 Å². The Bertz CT molecular complexity index is 56.2. The van der Waals surface area contributed by atoms with Crippen molar-refractivity contribution in [2.45, 2.75) is 63.0 Å². The van der Waals surface area contributed by atoms with Crippen LogP contribution in [0.5, 0.6) is 0 Å². The van der Waals surface area contributed by atoms with Crippen molar-refractivity contribution in [1.82, 2.24) is 0 Å². The highest BCUT2D eigenvalue weighted by Gasteiger charge is 1.91. The first-order valence-electron chi connectivity index (χ1n) is 4.90. The number of rotatable bonds is 4. The Morgan fingerprint density at radius 2 is 0.833 bits per heavy atom. The van der Waals surface area contributed by atoms with Gasteiger partial charge in [0.1, 0.15) is 0 Å². The Morgan fingerprint density at radius 3 is 0.833 bits per heavy atom. The molecule has 0 saturated carbocycles. The Hall–Kier alpha value is 0.960. The van der Waals surface area contributed by atoms with Crippen LogP contribution in [0.15, 0.2) is 0 Å². The second-order valence-electron chi connectivity index (χ2n) is 2.83. The smallest absolute Gasteiger partial charge is 0.0140 e. The molecule has 0 aromatic rings. The largest absolute Gasteiger partial charge is 0.0891 e. The fourth-order valence-corrected chi connectivity index (χ4v) is 0.577. The van der Waals surface area contributed by atoms with E-state index in [4.69, 9.17) is 0 Å². The van der Waals surface area contributed by atoms with Gasteiger partial charge in [0.05, 0.1) is 0 Å². The molecule has 0 aliphatic carbocycles. The van der Waals surface area contributed by atoms with Gasteiger partial charge in [0.25, 0.3) is 0 Å². The molecule has 0 aromatic carbocycles. The third-order valence-corrected chi connectivity index (χ3v) is 4.36. The van der Waals surface area contributed by atoms with Crippen molar-refractivity contribution in [2.75, 3.05) is 0 Å². The molecule has 0 aromatic heterocycles. The maximum absolute atomic E-state index is 3.48. The Balaban J connectivity index is 0. The van der Waals surface area contributed by atoms with Crippen LogP contribution in [-0.4, -0.2) is 9.65 Å². The van der Waals surface area contributed by atoms with Crippen LogP contribution in [0.4, 0.5) is 0 Å². The normalized spacial score (nSPS) is 10.0. The van der Waals surface area contributed by atoms with E-state index >= 15 is 0 Å². The van der Waals surface area contributed by atoms with E-state index in [9.17, 15) is 0 Å². The van der Waals surface area contributed by atoms with Crippen LogP contribution in [-0.2, 0) is 0 Å². The van der Waals surface area contributed by atoms with E-state index in [0.29, 0.717) is 0 Å². The molecule has 0 bridgehead atoms. The van der Waals surface area contributed by atoms with Crippen LogP contribution in [0.25, 0.3) is 0 Å². The quantitative estimate of drug-likeness (QED) is 0.631. The highest BCUT2D eigenvalue weighted by molar-refractivity contribution is 9.09. The van der Waals surface area contributed by atoms with Gasteiger partial charge in [-0.2, -0.15) is 0 Å². The van der Waals surface area contributed by atoms with Crippen LogP contribution in [0.1, 0.15) is 53.4 Å². The summed E-state index contributed by atoms with van der Waals surface area (Å²) in [5.41, 5.74) is 0. The minimum atomic E-state index is 0.748. The first-order valence-corrected chi connectivity index (χ1v) is 6.73. The fraction of sp³-hybridized carbons (Fsp3) is 1.00. The summed E-state index contributed by atoms with van der Waals surface area (Å²) in [4.78, 5) is 1.50. The van der Waals surface area contributed by atoms with E-state index in [1.807, 2.05) is 0 Å². The second kappa shape index (κ2) is 12.0. The standard InChI is InChI=1S/2C5H11Br/c2*1-3-5(6)4-2/h2*5H,3-4H2,1-2H3. The summed E-state index contributed by atoms with van der Waals surface area (Å²) < 4.78 is 0. The summed E-state index contributed by atoms with van der Waals surface area (Å²) in [6.07, 6.45) is 4.99. The molecule has 0 unspecified atom stereocenters. The summed E-state index contributed by atoms with van der Waals surface area (Å²) in [6, 6.07) is 0. The third-order valence-electron chi connectivity index (χ3n) is 1.77. The van der Waals surface area contributed by atoms with Crippen molar-refractivity contribution in [3.05, 3.63) is 0 Å². The van der Waals surface area contributed by atoms with Crippen molar-refractivity contribution in [1.29, 1.82) is 0 Å². The summed E-state index contributed by atoms with van der Waals surface area (Å²) in [5.74, 6) is 0. The molecule has 0 saturated heterocycles. The van der Waals surface area contributed by atoms with E-state index in [0.717, 1.165) is 9.65 Å². The van der Waals surface area contributed by atoms with Gasteiger partial charge in [0, 0.05) is 9.65 Å². The van der Waals surface area contributed by atoms with Crippen LogP contribution in [0.2, 0.25) is 0 Å². The zero-order valence-electron chi connectivity index (χ0n) is 8.74. The predicted octanol–water partition coefficient (Wildman–Crippen LogP) is 5.14. The van der Waals surface area contributed by atoms with E-state index in [-0.39, 0.29) is 0 Å². The van der Waals surface area contributed by atoms with Crippen molar-refractivity contribution in [3.8, 4) is 0 Å². The third kappa shape index (κ3) is 13.5. The number of hydrogen-bond donors (Lipinski definition) is 0. The molecule has 0 atom stereocenters. The van der Waals surface area contributed by atoms with Gasteiger partial charge in [-0.05, 0) is 25.7 Å². The van der Waals surface area contributed by atoms with Gasteiger partial charge in [-0.15, -0.1) is 0 Å². The second-order valence-corrected chi connectivity index (χ2v) is 5.42. The first kappa shape index (κ1) is 15.4. The zero-order valence-corrected chi connectivity index (χ0v) is 11.9. The first-order chi connectivity index (χ1) is 5.62. The molecule has 2 heteroatoms. The van der Waals surface area contributed by atoms with E-state index in [1.54, 1.807) is 0 Å². The highest BCUT2D eigenvalue weighted by atomic mass is 79.9. The maximum Gasteiger partial charge on any atom is 0.0140 e. The lowest BCUT2D eigenvalue weighted by atomic mass is 10.3. The average molecular weight is 302 g/mol. The van der Waals surface area contributed by atoms with Gasteiger partial charge < -0.3 is 0 Å². The van der Waals surface area contributed by atoms with Crippen LogP contribution >= 0.6 is 31.9 Å². The Morgan fingerprint density at radius 1 is 0.667 bits per heavy atom. The van der Waals surface area contributed by atoms with Gasteiger partial charge in [-0.3, -0.25) is 0 Å². The molecule has 0 spiro atoms. The van der Waals surface area contributed by atoms with E-state index in [1.165, 1.54) is 25.7 Å². The topological polar surface area (TPSA) is 0 Å². The highest BCUT2D eigenvalue weighted by Crippen LogP contribution is 2.07. The molecular weight excluding hydrogens is 280 g/mol. The average Bonchev–Trinajstić information content (AvgIpc) is 2.16. The van der Waals surface area contributed by atoms with Gasteiger partial charge in [-0.25, -0.2) is 0 Å². The monoisotopic (exact) mass is 300 g/mol. The molecular formula is C10H22Br2. The number of hydrogen-bond acceptors (Lipinski definition) is 0. The molecule has 0 radical (unpaired) electrons. The molecule has 0 fully saturated rings. The van der Waals surface area contributed by atoms with E-state index < -0.39 is 0 Å². The van der Waals surface area contributed by atoms with Crippen LogP contribution in [0, 0.1) is 0 Å². The van der Waals surface area contributed by atoms with Crippen molar-refractivity contribution >= 4 is 31.9 Å². The van der Waals surface area contributed by atoms with Crippen molar-refractivity contribution in [3.63, 3.8) is 0 Å². The fourth-order valence-electron chi connectivity index (χ4n) is 0.577. The number of halogens is 2. The van der Waals surface area contributed by atoms with Gasteiger partial charge in [-0.1, -0.05) is 59.6 Å². The summed E-state index contributed by atoms with van der Waals surface area (Å²) >= 11 is 6.95. The van der Waals surface area contributed by atoms with Gasteiger partial charge >= 0.3 is 0 Å². The summed E-state index contributed by atoms with van der Waals surface area (Å²) in [6.45, 7) is 8.73. The lowest BCUT2D eigenvalue weighted by Crippen LogP contribution is -1.88. The van der Waals surface area contributed by atoms with Gasteiger partial charge in [0.2, 0.25) is 0 Å².